The van der Waals surface area contributed by atoms with Gasteiger partial charge in [0, 0.05) is 19.1 Å². The van der Waals surface area contributed by atoms with E-state index in [1.165, 1.54) is 17.5 Å². The van der Waals surface area contributed by atoms with Crippen LogP contribution in [-0.2, 0) is 6.42 Å². The van der Waals surface area contributed by atoms with Gasteiger partial charge in [0.1, 0.15) is 0 Å². The van der Waals surface area contributed by atoms with Crippen LogP contribution in [0.25, 0.3) is 0 Å². The molecule has 18 heavy (non-hydrogen) atoms. The van der Waals surface area contributed by atoms with Crippen molar-refractivity contribution < 1.29 is 0 Å². The normalized spacial score (nSPS) is 14.8. The molecule has 0 saturated carbocycles. The largest absolute Gasteiger partial charge is 0.329 e. The molecule has 0 aliphatic rings. The van der Waals surface area contributed by atoms with Crippen LogP contribution >= 0.6 is 0 Å². The van der Waals surface area contributed by atoms with Crippen molar-refractivity contribution in [2.24, 2.45) is 11.7 Å². The maximum atomic E-state index is 5.95. The van der Waals surface area contributed by atoms with Crippen molar-refractivity contribution in [1.82, 2.24) is 4.90 Å². The molecule has 0 fully saturated rings. The monoisotopic (exact) mass is 248 g/mol. The first-order valence-electron chi connectivity index (χ1n) is 7.11. The third-order valence-corrected chi connectivity index (χ3v) is 3.82. The Hall–Kier alpha value is -0.860. The Morgan fingerprint density at radius 3 is 2.22 bits per heavy atom. The minimum absolute atomic E-state index is 0.338. The van der Waals surface area contributed by atoms with Gasteiger partial charge in [-0.2, -0.15) is 0 Å². The highest BCUT2D eigenvalue weighted by molar-refractivity contribution is 5.25. The molecule has 2 nitrogen and oxygen atoms in total. The number of rotatable bonds is 7. The van der Waals surface area contributed by atoms with Crippen LogP contribution in [-0.4, -0.2) is 25.0 Å². The second-order valence-corrected chi connectivity index (χ2v) is 5.30. The molecule has 0 aliphatic carbocycles. The van der Waals surface area contributed by atoms with Gasteiger partial charge >= 0.3 is 0 Å². The summed E-state index contributed by atoms with van der Waals surface area (Å²) in [6, 6.07) is 9.22. The van der Waals surface area contributed by atoms with Crippen molar-refractivity contribution in [3.05, 3.63) is 35.4 Å². The van der Waals surface area contributed by atoms with E-state index in [-0.39, 0.29) is 0 Å². The van der Waals surface area contributed by atoms with Gasteiger partial charge in [-0.3, -0.25) is 4.90 Å². The Morgan fingerprint density at radius 2 is 1.78 bits per heavy atom. The molecule has 0 radical (unpaired) electrons. The molecule has 0 aromatic heterocycles. The smallest absolute Gasteiger partial charge is 0.0467 e. The van der Waals surface area contributed by atoms with Gasteiger partial charge < -0.3 is 5.73 Å². The molecule has 0 heterocycles. The van der Waals surface area contributed by atoms with Crippen molar-refractivity contribution >= 4 is 0 Å². The van der Waals surface area contributed by atoms with E-state index in [4.69, 9.17) is 5.73 Å². The maximum absolute atomic E-state index is 5.95. The Bertz CT molecular complexity index is 331. The lowest BCUT2D eigenvalue weighted by Crippen LogP contribution is -2.33. The summed E-state index contributed by atoms with van der Waals surface area (Å²) < 4.78 is 0. The lowest BCUT2D eigenvalue weighted by Gasteiger charge is -2.29. The average molecular weight is 248 g/mol. The van der Waals surface area contributed by atoms with Gasteiger partial charge in [-0.25, -0.2) is 0 Å². The van der Waals surface area contributed by atoms with E-state index >= 15 is 0 Å². The van der Waals surface area contributed by atoms with Crippen molar-refractivity contribution in [1.29, 1.82) is 0 Å². The molecule has 1 aromatic rings. The zero-order valence-electron chi connectivity index (χ0n) is 12.3. The summed E-state index contributed by atoms with van der Waals surface area (Å²) >= 11 is 0. The zero-order valence-corrected chi connectivity index (χ0v) is 12.3. The standard InChI is InChI=1S/C16H28N2/c1-5-13(3)12-18(4)16(11-17)15-9-7-14(6-2)8-10-15/h7-10,13,16H,5-6,11-12,17H2,1-4H3. The quantitative estimate of drug-likeness (QED) is 0.802. The van der Waals surface area contributed by atoms with Crippen LogP contribution in [0.4, 0.5) is 0 Å². The summed E-state index contributed by atoms with van der Waals surface area (Å²) in [6.45, 7) is 8.51. The van der Waals surface area contributed by atoms with Gasteiger partial charge in [0.25, 0.3) is 0 Å². The molecule has 2 unspecified atom stereocenters. The molecule has 0 bridgehead atoms. The van der Waals surface area contributed by atoms with E-state index in [0.717, 1.165) is 18.9 Å². The Balaban J connectivity index is 2.74. The van der Waals surface area contributed by atoms with Crippen LogP contribution in [0.15, 0.2) is 24.3 Å². The highest BCUT2D eigenvalue weighted by Crippen LogP contribution is 2.20. The summed E-state index contributed by atoms with van der Waals surface area (Å²) in [7, 11) is 2.18. The highest BCUT2D eigenvalue weighted by atomic mass is 15.1. The number of likely N-dealkylation sites (N-methyl/N-ethyl adjacent to an activating group) is 1. The fourth-order valence-corrected chi connectivity index (χ4v) is 2.29. The first-order valence-corrected chi connectivity index (χ1v) is 7.11. The minimum atomic E-state index is 0.338. The predicted octanol–water partition coefficient (Wildman–Crippen LogP) is 3.23. The zero-order chi connectivity index (χ0) is 13.5. The van der Waals surface area contributed by atoms with E-state index in [1.807, 2.05) is 0 Å². The van der Waals surface area contributed by atoms with Gasteiger partial charge in [-0.05, 0) is 30.5 Å². The fraction of sp³-hybridized carbons (Fsp3) is 0.625. The molecule has 2 atom stereocenters. The topological polar surface area (TPSA) is 29.3 Å². The molecule has 2 heteroatoms. The lowest BCUT2D eigenvalue weighted by molar-refractivity contribution is 0.215. The second kappa shape index (κ2) is 7.55. The van der Waals surface area contributed by atoms with Crippen LogP contribution in [0.1, 0.15) is 44.4 Å². The molecule has 1 rings (SSSR count). The summed E-state index contributed by atoms with van der Waals surface area (Å²) in [5, 5.41) is 0. The Labute approximate surface area is 112 Å². The number of aryl methyl sites for hydroxylation is 1. The molecule has 0 spiro atoms. The molecule has 0 amide bonds. The summed E-state index contributed by atoms with van der Waals surface area (Å²) in [5.74, 6) is 0.721. The summed E-state index contributed by atoms with van der Waals surface area (Å²) in [4.78, 5) is 2.38. The first kappa shape index (κ1) is 15.2. The average Bonchev–Trinajstić information content (AvgIpc) is 2.40. The number of hydrogen-bond donors (Lipinski definition) is 1. The number of hydrogen-bond acceptors (Lipinski definition) is 2. The molecular weight excluding hydrogens is 220 g/mol. The minimum Gasteiger partial charge on any atom is -0.329 e. The molecule has 0 aliphatic heterocycles. The van der Waals surface area contributed by atoms with Gasteiger partial charge in [-0.1, -0.05) is 51.5 Å². The third kappa shape index (κ3) is 4.11. The number of benzene rings is 1. The van der Waals surface area contributed by atoms with Crippen LogP contribution in [0, 0.1) is 5.92 Å². The van der Waals surface area contributed by atoms with E-state index < -0.39 is 0 Å². The van der Waals surface area contributed by atoms with Gasteiger partial charge in [0.2, 0.25) is 0 Å². The molecule has 1 aromatic carbocycles. The third-order valence-electron chi connectivity index (χ3n) is 3.82. The Morgan fingerprint density at radius 1 is 1.17 bits per heavy atom. The van der Waals surface area contributed by atoms with E-state index in [0.29, 0.717) is 12.6 Å². The van der Waals surface area contributed by atoms with Crippen molar-refractivity contribution in [2.45, 2.75) is 39.7 Å². The molecular formula is C16H28N2. The highest BCUT2D eigenvalue weighted by Gasteiger charge is 2.16. The number of nitrogens with two attached hydrogens (primary N) is 1. The van der Waals surface area contributed by atoms with Gasteiger partial charge in [0.15, 0.2) is 0 Å². The fourth-order valence-electron chi connectivity index (χ4n) is 2.29. The van der Waals surface area contributed by atoms with Crippen LogP contribution < -0.4 is 5.73 Å². The second-order valence-electron chi connectivity index (χ2n) is 5.30. The van der Waals surface area contributed by atoms with Crippen molar-refractivity contribution in [3.8, 4) is 0 Å². The lowest BCUT2D eigenvalue weighted by atomic mass is 10.0. The van der Waals surface area contributed by atoms with Gasteiger partial charge in [0.05, 0.1) is 0 Å². The van der Waals surface area contributed by atoms with E-state index in [2.05, 4.69) is 57.0 Å². The van der Waals surface area contributed by atoms with E-state index in [9.17, 15) is 0 Å². The maximum Gasteiger partial charge on any atom is 0.0467 e. The van der Waals surface area contributed by atoms with Crippen LogP contribution in [0.2, 0.25) is 0 Å². The van der Waals surface area contributed by atoms with Crippen LogP contribution in [0.5, 0.6) is 0 Å². The molecule has 2 N–H and O–H groups in total. The summed E-state index contributed by atoms with van der Waals surface area (Å²) in [6.07, 6.45) is 2.31. The van der Waals surface area contributed by atoms with Crippen molar-refractivity contribution in [3.63, 3.8) is 0 Å². The van der Waals surface area contributed by atoms with Crippen LogP contribution in [0.3, 0.4) is 0 Å². The number of nitrogens with zero attached hydrogens (tertiary/aromatic N) is 1. The summed E-state index contributed by atoms with van der Waals surface area (Å²) in [5.41, 5.74) is 8.67. The van der Waals surface area contributed by atoms with Gasteiger partial charge in [-0.15, -0.1) is 0 Å². The SMILES string of the molecule is CCc1ccc(C(CN)N(C)CC(C)CC)cc1. The Kier molecular flexibility index (Phi) is 6.37. The predicted molar refractivity (Wildman–Crippen MR) is 79.7 cm³/mol. The van der Waals surface area contributed by atoms with E-state index in [1.54, 1.807) is 0 Å². The molecule has 0 saturated heterocycles. The first-order chi connectivity index (χ1) is 8.62. The van der Waals surface area contributed by atoms with Crippen molar-refractivity contribution in [2.75, 3.05) is 20.1 Å². The molecule has 102 valence electrons.